The van der Waals surface area contributed by atoms with Crippen molar-refractivity contribution < 1.29 is 9.90 Å². The molecule has 0 aliphatic carbocycles. The highest BCUT2D eigenvalue weighted by Gasteiger charge is 2.27. The second-order valence-corrected chi connectivity index (χ2v) is 7.16. The van der Waals surface area contributed by atoms with Crippen molar-refractivity contribution in [2.75, 3.05) is 45.9 Å². The predicted molar refractivity (Wildman–Crippen MR) is 94.9 cm³/mol. The van der Waals surface area contributed by atoms with Gasteiger partial charge in [0.25, 0.3) is 0 Å². The molecular weight excluding hydrogens is 302 g/mol. The molecule has 2 heterocycles. The minimum Gasteiger partial charge on any atom is -0.396 e. The summed E-state index contributed by atoms with van der Waals surface area (Å²) in [6, 6.07) is 10.6. The Hall–Kier alpha value is -1.59. The van der Waals surface area contributed by atoms with E-state index in [0.717, 1.165) is 52.0 Å². The number of amides is 2. The van der Waals surface area contributed by atoms with Crippen LogP contribution in [0.1, 0.15) is 18.4 Å². The molecule has 2 amide bonds. The lowest BCUT2D eigenvalue weighted by atomic mass is 10.1. The fourth-order valence-corrected chi connectivity index (χ4v) is 3.72. The van der Waals surface area contributed by atoms with Gasteiger partial charge in [-0.3, -0.25) is 0 Å². The standard InChI is InChI=1S/C19H29N3O2/c23-15-18-8-11-22(14-18)19(24)20-12-17-7-10-21(13-17)9-6-16-4-2-1-3-5-16/h1-5,17-18,23H,6-15H2,(H,20,24). The van der Waals surface area contributed by atoms with Crippen LogP contribution in [0, 0.1) is 11.8 Å². The maximum absolute atomic E-state index is 12.2. The minimum absolute atomic E-state index is 0.0358. The number of likely N-dealkylation sites (tertiary alicyclic amines) is 2. The number of hydrogen-bond donors (Lipinski definition) is 2. The molecule has 1 aromatic carbocycles. The third-order valence-electron chi connectivity index (χ3n) is 5.30. The van der Waals surface area contributed by atoms with Gasteiger partial charge in [-0.25, -0.2) is 4.79 Å². The molecule has 24 heavy (non-hydrogen) atoms. The molecule has 0 aromatic heterocycles. The molecule has 5 heteroatoms. The Morgan fingerprint density at radius 2 is 1.92 bits per heavy atom. The fraction of sp³-hybridized carbons (Fsp3) is 0.632. The Morgan fingerprint density at radius 1 is 1.12 bits per heavy atom. The molecule has 0 radical (unpaired) electrons. The first-order chi connectivity index (χ1) is 11.7. The summed E-state index contributed by atoms with van der Waals surface area (Å²) in [5.41, 5.74) is 1.39. The quantitative estimate of drug-likeness (QED) is 0.832. The first kappa shape index (κ1) is 17.2. The maximum atomic E-state index is 12.2. The summed E-state index contributed by atoms with van der Waals surface area (Å²) in [6.07, 6.45) is 3.17. The van der Waals surface area contributed by atoms with E-state index in [1.165, 1.54) is 5.56 Å². The van der Waals surface area contributed by atoms with Crippen molar-refractivity contribution in [1.29, 1.82) is 0 Å². The number of rotatable bonds is 6. The van der Waals surface area contributed by atoms with Gasteiger partial charge in [-0.2, -0.15) is 0 Å². The zero-order chi connectivity index (χ0) is 16.8. The number of nitrogens with one attached hydrogen (secondary N) is 1. The lowest BCUT2D eigenvalue weighted by Gasteiger charge is -2.19. The number of carbonyl (C=O) groups is 1. The molecule has 2 fully saturated rings. The second-order valence-electron chi connectivity index (χ2n) is 7.16. The van der Waals surface area contributed by atoms with Crippen molar-refractivity contribution in [2.45, 2.75) is 19.3 Å². The van der Waals surface area contributed by atoms with Gasteiger partial charge >= 0.3 is 6.03 Å². The van der Waals surface area contributed by atoms with Gasteiger partial charge < -0.3 is 20.2 Å². The SMILES string of the molecule is O=C(NCC1CCN(CCc2ccccc2)C1)N1CCC(CO)C1. The average Bonchev–Trinajstić information content (AvgIpc) is 3.28. The van der Waals surface area contributed by atoms with Crippen molar-refractivity contribution in [2.24, 2.45) is 11.8 Å². The minimum atomic E-state index is 0.0358. The van der Waals surface area contributed by atoms with Crippen molar-refractivity contribution >= 4 is 6.03 Å². The van der Waals surface area contributed by atoms with Crippen LogP contribution in [-0.4, -0.2) is 66.8 Å². The summed E-state index contributed by atoms with van der Waals surface area (Å²) in [5.74, 6) is 0.816. The zero-order valence-corrected chi connectivity index (χ0v) is 14.4. The van der Waals surface area contributed by atoms with Crippen molar-refractivity contribution in [3.8, 4) is 0 Å². The first-order valence-corrected chi connectivity index (χ1v) is 9.14. The van der Waals surface area contributed by atoms with E-state index in [1.807, 2.05) is 4.90 Å². The van der Waals surface area contributed by atoms with Crippen LogP contribution in [0.3, 0.4) is 0 Å². The normalized spacial score (nSPS) is 24.5. The molecule has 0 saturated carbocycles. The Morgan fingerprint density at radius 3 is 2.67 bits per heavy atom. The van der Waals surface area contributed by atoms with Crippen LogP contribution in [0.4, 0.5) is 4.79 Å². The third kappa shape index (κ3) is 4.71. The maximum Gasteiger partial charge on any atom is 0.317 e. The van der Waals surface area contributed by atoms with Crippen molar-refractivity contribution in [3.05, 3.63) is 35.9 Å². The molecule has 0 bridgehead atoms. The van der Waals surface area contributed by atoms with Gasteiger partial charge in [0.15, 0.2) is 0 Å². The predicted octanol–water partition coefficient (Wildman–Crippen LogP) is 1.57. The summed E-state index contributed by atoms with van der Waals surface area (Å²) in [7, 11) is 0. The highest BCUT2D eigenvalue weighted by molar-refractivity contribution is 5.74. The van der Waals surface area contributed by atoms with Gasteiger partial charge in [0.2, 0.25) is 0 Å². The van der Waals surface area contributed by atoms with E-state index in [1.54, 1.807) is 0 Å². The van der Waals surface area contributed by atoms with Crippen LogP contribution in [0.25, 0.3) is 0 Å². The number of aliphatic hydroxyl groups excluding tert-OH is 1. The molecule has 2 aliphatic rings. The van der Waals surface area contributed by atoms with Crippen LogP contribution in [-0.2, 0) is 6.42 Å². The van der Waals surface area contributed by atoms with E-state index >= 15 is 0 Å². The Labute approximate surface area is 144 Å². The van der Waals surface area contributed by atoms with E-state index in [0.29, 0.717) is 12.5 Å². The molecule has 2 aliphatic heterocycles. The van der Waals surface area contributed by atoms with Crippen LogP contribution in [0.5, 0.6) is 0 Å². The molecular formula is C19H29N3O2. The third-order valence-corrected chi connectivity index (χ3v) is 5.30. The molecule has 1 aromatic rings. The molecule has 2 unspecified atom stereocenters. The smallest absolute Gasteiger partial charge is 0.317 e. The average molecular weight is 331 g/mol. The number of benzene rings is 1. The molecule has 5 nitrogen and oxygen atoms in total. The van der Waals surface area contributed by atoms with Crippen LogP contribution >= 0.6 is 0 Å². The van der Waals surface area contributed by atoms with Gasteiger partial charge in [0, 0.05) is 45.2 Å². The fourth-order valence-electron chi connectivity index (χ4n) is 3.72. The van der Waals surface area contributed by atoms with E-state index in [9.17, 15) is 4.79 Å². The molecule has 2 N–H and O–H groups in total. The van der Waals surface area contributed by atoms with Gasteiger partial charge in [0.05, 0.1) is 0 Å². The van der Waals surface area contributed by atoms with Gasteiger partial charge in [0.1, 0.15) is 0 Å². The first-order valence-electron chi connectivity index (χ1n) is 9.14. The van der Waals surface area contributed by atoms with Gasteiger partial charge in [-0.05, 0) is 37.3 Å². The summed E-state index contributed by atoms with van der Waals surface area (Å²) < 4.78 is 0. The molecule has 0 spiro atoms. The summed E-state index contributed by atoms with van der Waals surface area (Å²) >= 11 is 0. The van der Waals surface area contributed by atoms with Gasteiger partial charge in [-0.1, -0.05) is 30.3 Å². The number of hydrogen-bond acceptors (Lipinski definition) is 3. The van der Waals surface area contributed by atoms with E-state index in [-0.39, 0.29) is 18.6 Å². The summed E-state index contributed by atoms with van der Waals surface area (Å²) in [6.45, 7) is 5.71. The van der Waals surface area contributed by atoms with Gasteiger partial charge in [-0.15, -0.1) is 0 Å². The van der Waals surface area contributed by atoms with E-state index < -0.39 is 0 Å². The second kappa shape index (κ2) is 8.49. The van der Waals surface area contributed by atoms with E-state index in [4.69, 9.17) is 5.11 Å². The monoisotopic (exact) mass is 331 g/mol. The largest absolute Gasteiger partial charge is 0.396 e. The number of urea groups is 1. The van der Waals surface area contributed by atoms with E-state index in [2.05, 4.69) is 40.5 Å². The highest BCUT2D eigenvalue weighted by atomic mass is 16.3. The van der Waals surface area contributed by atoms with Crippen molar-refractivity contribution in [1.82, 2.24) is 15.1 Å². The Kier molecular flexibility index (Phi) is 6.10. The van der Waals surface area contributed by atoms with Crippen molar-refractivity contribution in [3.63, 3.8) is 0 Å². The lowest BCUT2D eigenvalue weighted by Crippen LogP contribution is -2.41. The lowest BCUT2D eigenvalue weighted by molar-refractivity contribution is 0.196. The number of aliphatic hydroxyl groups is 1. The molecule has 2 atom stereocenters. The topological polar surface area (TPSA) is 55.8 Å². The van der Waals surface area contributed by atoms with Crippen LogP contribution < -0.4 is 5.32 Å². The summed E-state index contributed by atoms with van der Waals surface area (Å²) in [5, 5.41) is 12.3. The number of carbonyl (C=O) groups excluding carboxylic acids is 1. The molecule has 132 valence electrons. The van der Waals surface area contributed by atoms with Crippen LogP contribution in [0.15, 0.2) is 30.3 Å². The number of nitrogens with zero attached hydrogens (tertiary/aromatic N) is 2. The highest BCUT2D eigenvalue weighted by Crippen LogP contribution is 2.18. The van der Waals surface area contributed by atoms with Crippen LogP contribution in [0.2, 0.25) is 0 Å². The Balaban J connectivity index is 1.33. The zero-order valence-electron chi connectivity index (χ0n) is 14.4. The molecule has 2 saturated heterocycles. The summed E-state index contributed by atoms with van der Waals surface area (Å²) in [4.78, 5) is 16.5. The Bertz CT molecular complexity index is 523. The molecule has 3 rings (SSSR count).